The summed E-state index contributed by atoms with van der Waals surface area (Å²) in [7, 11) is 0. The summed E-state index contributed by atoms with van der Waals surface area (Å²) in [5.74, 6) is -3.18. The van der Waals surface area contributed by atoms with Crippen LogP contribution in [0, 0.1) is 0 Å². The number of carbonyl (C=O) groups is 1. The maximum absolute atomic E-state index is 14.4. The van der Waals surface area contributed by atoms with Crippen LogP contribution in [0.1, 0.15) is 12.5 Å². The summed E-state index contributed by atoms with van der Waals surface area (Å²) in [6, 6.07) is 13.0. The highest BCUT2D eigenvalue weighted by Crippen LogP contribution is 2.39. The van der Waals surface area contributed by atoms with Crippen molar-refractivity contribution >= 4 is 23.0 Å². The van der Waals surface area contributed by atoms with Gasteiger partial charge in [-0.15, -0.1) is 0 Å². The van der Waals surface area contributed by atoms with E-state index in [0.717, 1.165) is 18.2 Å². The van der Waals surface area contributed by atoms with E-state index in [4.69, 9.17) is 37.6 Å². The topological polar surface area (TPSA) is 355 Å². The van der Waals surface area contributed by atoms with E-state index in [1.54, 1.807) is 0 Å². The zero-order valence-corrected chi connectivity index (χ0v) is 33.5. The lowest BCUT2D eigenvalue weighted by molar-refractivity contribution is -0.355. The molecule has 4 aromatic rings. The molecule has 3 aliphatic rings. The zero-order chi connectivity index (χ0) is 46.1. The lowest BCUT2D eigenvalue weighted by Crippen LogP contribution is -2.64. The van der Waals surface area contributed by atoms with Gasteiger partial charge in [-0.2, -0.15) is 0 Å². The van der Waals surface area contributed by atoms with E-state index >= 15 is 0 Å². The van der Waals surface area contributed by atoms with E-state index in [0.29, 0.717) is 5.56 Å². The van der Waals surface area contributed by atoms with Crippen LogP contribution < -0.4 is 14.9 Å². The molecule has 0 amide bonds. The number of ether oxygens (including phenoxy) is 7. The minimum Gasteiger partial charge on any atom is -0.508 e. The third-order valence-electron chi connectivity index (χ3n) is 10.8. The molecule has 0 saturated carbocycles. The van der Waals surface area contributed by atoms with E-state index in [1.807, 2.05) is 0 Å². The lowest BCUT2D eigenvalue weighted by atomic mass is 9.97. The highest BCUT2D eigenvalue weighted by atomic mass is 16.8. The number of phenolic OH excluding ortho intramolecular Hbond substituents is 3. The molecule has 64 heavy (non-hydrogen) atoms. The molecule has 3 aliphatic heterocycles. The lowest BCUT2D eigenvalue weighted by Gasteiger charge is -2.45. The highest BCUT2D eigenvalue weighted by molar-refractivity contribution is 5.88. The van der Waals surface area contributed by atoms with Crippen LogP contribution in [0.25, 0.3) is 28.4 Å². The fourth-order valence-corrected chi connectivity index (χ4v) is 7.18. The first-order chi connectivity index (χ1) is 30.4. The Morgan fingerprint density at radius 1 is 0.688 bits per heavy atom. The molecule has 0 unspecified atom stereocenters. The zero-order valence-electron chi connectivity index (χ0n) is 33.5. The standard InChI is InChI=1S/C42H46O22/c1-16-28(48)34(54)39(64-41-36(56)33(53)30(50)25(62-41)15-57-26(47)11-4-17-2-7-19(44)8-3-17)42(58-16)63-38-31(51)27-22(46)12-21(59-40-35(55)32(52)29(49)24(14-43)61-40)13-23(27)60-37(38)18-5-9-20(45)10-6-18/h2-13,16,24-25,28-30,32-36,39-46,48-50,52-56H,14-15H2,1H3/t16-,24+,25+,28-,29+,30+,32-,33-,34+,35+,36+,39-,40+,41-,42-/m0/s1. The van der Waals surface area contributed by atoms with Crippen molar-refractivity contribution in [2.45, 2.75) is 99.0 Å². The van der Waals surface area contributed by atoms with Crippen LogP contribution >= 0.6 is 0 Å². The molecule has 4 heterocycles. The van der Waals surface area contributed by atoms with Gasteiger partial charge in [-0.1, -0.05) is 12.1 Å². The molecule has 0 bridgehead atoms. The maximum Gasteiger partial charge on any atom is 0.330 e. The van der Waals surface area contributed by atoms with Crippen LogP contribution in [0.4, 0.5) is 0 Å². The smallest absolute Gasteiger partial charge is 0.330 e. The first-order valence-corrected chi connectivity index (χ1v) is 19.7. The number of phenols is 3. The number of fused-ring (bicyclic) bond motifs is 1. The molecule has 22 nitrogen and oxygen atoms in total. The number of benzene rings is 3. The number of carbonyl (C=O) groups excluding carboxylic acids is 1. The number of aliphatic hydroxyl groups is 9. The molecular formula is C42H46O22. The van der Waals surface area contributed by atoms with Crippen LogP contribution in [0.15, 0.2) is 76.0 Å². The molecule has 3 saturated heterocycles. The molecule has 3 fully saturated rings. The Morgan fingerprint density at radius 2 is 1.30 bits per heavy atom. The maximum atomic E-state index is 14.4. The van der Waals surface area contributed by atoms with Crippen molar-refractivity contribution in [1.82, 2.24) is 0 Å². The molecular weight excluding hydrogens is 856 g/mol. The predicted octanol–water partition coefficient (Wildman–Crippen LogP) is -1.95. The van der Waals surface area contributed by atoms with Crippen molar-refractivity contribution in [2.24, 2.45) is 0 Å². The summed E-state index contributed by atoms with van der Waals surface area (Å²) in [5, 5.41) is 125. The van der Waals surface area contributed by atoms with E-state index in [2.05, 4.69) is 0 Å². The fourth-order valence-electron chi connectivity index (χ4n) is 7.18. The number of esters is 1. The normalized spacial score (nSPS) is 33.2. The van der Waals surface area contributed by atoms with Crippen LogP contribution in [0.5, 0.6) is 28.7 Å². The van der Waals surface area contributed by atoms with Gasteiger partial charge in [0.05, 0.1) is 12.7 Å². The summed E-state index contributed by atoms with van der Waals surface area (Å²) >= 11 is 0. The van der Waals surface area contributed by atoms with Crippen LogP contribution in [-0.2, 0) is 28.5 Å². The SMILES string of the molecule is C[C@@H]1O[C@@H](Oc2c(-c3ccc(O)cc3)oc3cc(O[C@@H]4O[C@H](CO)[C@@H](O)[C@H](O)[C@H]4O)cc(O)c3c2=O)[C@@H](O[C@@H]2O[C@H](COC(=O)C=Cc3ccc(O)cc3)[C@@H](O)[C@H](O)[C@H]2O)[C@H](O)[C@H]1O. The Hall–Kier alpha value is -5.44. The molecule has 0 spiro atoms. The van der Waals surface area contributed by atoms with Gasteiger partial charge in [0.25, 0.3) is 0 Å². The van der Waals surface area contributed by atoms with Crippen molar-refractivity contribution in [3.8, 4) is 40.1 Å². The number of hydrogen-bond donors (Lipinski definition) is 12. The van der Waals surface area contributed by atoms with Crippen molar-refractivity contribution < 1.29 is 104 Å². The van der Waals surface area contributed by atoms with Crippen molar-refractivity contribution in [3.05, 3.63) is 82.5 Å². The van der Waals surface area contributed by atoms with Crippen molar-refractivity contribution in [1.29, 1.82) is 0 Å². The summed E-state index contributed by atoms with van der Waals surface area (Å²) in [6.45, 7) is -0.0916. The second kappa shape index (κ2) is 19.3. The van der Waals surface area contributed by atoms with Crippen molar-refractivity contribution in [3.63, 3.8) is 0 Å². The Kier molecular flexibility index (Phi) is 14.1. The van der Waals surface area contributed by atoms with Crippen molar-refractivity contribution in [2.75, 3.05) is 13.2 Å². The van der Waals surface area contributed by atoms with E-state index in [9.17, 15) is 70.9 Å². The molecule has 12 N–H and O–H groups in total. The second-order valence-electron chi connectivity index (χ2n) is 15.2. The van der Waals surface area contributed by atoms with Crippen LogP contribution in [-0.4, -0.2) is 173 Å². The van der Waals surface area contributed by atoms with Gasteiger partial charge in [0, 0.05) is 23.8 Å². The Labute approximate surface area is 361 Å². The number of aromatic hydroxyl groups is 3. The minimum absolute atomic E-state index is 0.00919. The monoisotopic (exact) mass is 902 g/mol. The van der Waals surface area contributed by atoms with Gasteiger partial charge >= 0.3 is 5.97 Å². The summed E-state index contributed by atoms with van der Waals surface area (Å²) in [5.41, 5.74) is -0.785. The molecule has 22 heteroatoms. The number of aliphatic hydroxyl groups excluding tert-OH is 9. The molecule has 0 aliphatic carbocycles. The summed E-state index contributed by atoms with van der Waals surface area (Å²) in [4.78, 5) is 26.9. The van der Waals surface area contributed by atoms with E-state index in [-0.39, 0.29) is 34.2 Å². The highest BCUT2D eigenvalue weighted by Gasteiger charge is 2.51. The molecule has 346 valence electrons. The molecule has 15 atom stereocenters. The first kappa shape index (κ1) is 46.5. The van der Waals surface area contributed by atoms with E-state index < -0.39 is 134 Å². The second-order valence-corrected chi connectivity index (χ2v) is 15.2. The van der Waals surface area contributed by atoms with Crippen LogP contribution in [0.3, 0.4) is 0 Å². The largest absolute Gasteiger partial charge is 0.508 e. The van der Waals surface area contributed by atoms with Gasteiger partial charge in [0.15, 0.2) is 18.2 Å². The first-order valence-electron chi connectivity index (χ1n) is 19.7. The molecule has 1 aromatic heterocycles. The summed E-state index contributed by atoms with van der Waals surface area (Å²) in [6.07, 6.45) is -23.9. The van der Waals surface area contributed by atoms with Gasteiger partial charge in [-0.25, -0.2) is 4.79 Å². The molecule has 7 rings (SSSR count). The average molecular weight is 903 g/mol. The Morgan fingerprint density at radius 3 is 1.95 bits per heavy atom. The van der Waals surface area contributed by atoms with Gasteiger partial charge < -0.3 is 98.9 Å². The predicted molar refractivity (Wildman–Crippen MR) is 212 cm³/mol. The van der Waals surface area contributed by atoms with Gasteiger partial charge in [-0.05, 0) is 55.0 Å². The number of rotatable bonds is 12. The third kappa shape index (κ3) is 9.64. The Balaban J connectivity index is 1.17. The fraction of sp³-hybridized carbons (Fsp3) is 0.429. The molecule has 3 aromatic carbocycles. The van der Waals surface area contributed by atoms with Crippen LogP contribution in [0.2, 0.25) is 0 Å². The summed E-state index contributed by atoms with van der Waals surface area (Å²) < 4.78 is 45.8. The average Bonchev–Trinajstić information content (AvgIpc) is 3.27. The minimum atomic E-state index is -2.03. The van der Waals surface area contributed by atoms with Gasteiger partial charge in [0.2, 0.25) is 23.8 Å². The van der Waals surface area contributed by atoms with Gasteiger partial charge in [-0.3, -0.25) is 4.79 Å². The van der Waals surface area contributed by atoms with E-state index in [1.165, 1.54) is 61.5 Å². The Bertz CT molecular complexity index is 2330. The third-order valence-corrected chi connectivity index (χ3v) is 10.8. The quantitative estimate of drug-likeness (QED) is 0.0543. The van der Waals surface area contributed by atoms with Gasteiger partial charge in [0.1, 0.15) is 102 Å². The number of hydrogen-bond acceptors (Lipinski definition) is 22. The molecule has 0 radical (unpaired) electrons.